The average molecular weight is 416 g/mol. The minimum atomic E-state index is -0.0782. The Labute approximate surface area is 181 Å². The van der Waals surface area contributed by atoms with Crippen molar-refractivity contribution in [3.8, 4) is 0 Å². The van der Waals surface area contributed by atoms with Crippen LogP contribution in [0, 0.1) is 6.92 Å². The number of rotatable bonds is 6. The predicted molar refractivity (Wildman–Crippen MR) is 127 cm³/mol. The van der Waals surface area contributed by atoms with Gasteiger partial charge in [-0.15, -0.1) is 5.10 Å². The summed E-state index contributed by atoms with van der Waals surface area (Å²) in [5.41, 5.74) is 3.32. The SMILES string of the molecule is CCCC1S/C(=N/N=C/c2cccc3ccccc23)N(Cc2ccccc2C)C1=O. The third kappa shape index (κ3) is 4.31. The number of benzene rings is 3. The normalized spacial score (nSPS) is 18.2. The van der Waals surface area contributed by atoms with Gasteiger partial charge in [-0.3, -0.25) is 9.69 Å². The van der Waals surface area contributed by atoms with Crippen LogP contribution in [-0.2, 0) is 11.3 Å². The van der Waals surface area contributed by atoms with Gasteiger partial charge in [0, 0.05) is 5.56 Å². The maximum absolute atomic E-state index is 13.0. The molecule has 1 unspecified atom stereocenters. The molecule has 4 rings (SSSR count). The number of hydrogen-bond donors (Lipinski definition) is 0. The number of hydrogen-bond acceptors (Lipinski definition) is 4. The Hall–Kier alpha value is -2.92. The summed E-state index contributed by atoms with van der Waals surface area (Å²) in [5.74, 6) is 0.129. The fourth-order valence-electron chi connectivity index (χ4n) is 3.64. The first-order chi connectivity index (χ1) is 14.7. The van der Waals surface area contributed by atoms with E-state index in [9.17, 15) is 4.79 Å². The van der Waals surface area contributed by atoms with Crippen molar-refractivity contribution >= 4 is 39.8 Å². The largest absolute Gasteiger partial charge is 0.284 e. The van der Waals surface area contributed by atoms with Crippen LogP contribution in [0.25, 0.3) is 10.8 Å². The van der Waals surface area contributed by atoms with Gasteiger partial charge < -0.3 is 0 Å². The average Bonchev–Trinajstić information content (AvgIpc) is 3.05. The third-order valence-corrected chi connectivity index (χ3v) is 6.56. The number of fused-ring (bicyclic) bond motifs is 1. The van der Waals surface area contributed by atoms with Crippen molar-refractivity contribution in [1.29, 1.82) is 0 Å². The van der Waals surface area contributed by atoms with Crippen molar-refractivity contribution in [2.45, 2.75) is 38.5 Å². The lowest BCUT2D eigenvalue weighted by Gasteiger charge is -2.17. The van der Waals surface area contributed by atoms with Crippen LogP contribution in [0.3, 0.4) is 0 Å². The van der Waals surface area contributed by atoms with Crippen molar-refractivity contribution in [3.63, 3.8) is 0 Å². The number of nitrogens with zero attached hydrogens (tertiary/aromatic N) is 3. The fourth-order valence-corrected chi connectivity index (χ4v) is 4.85. The quantitative estimate of drug-likeness (QED) is 0.378. The zero-order valence-corrected chi connectivity index (χ0v) is 18.1. The van der Waals surface area contributed by atoms with Gasteiger partial charge in [-0.05, 0) is 35.2 Å². The number of amidine groups is 1. The zero-order chi connectivity index (χ0) is 20.9. The van der Waals surface area contributed by atoms with Crippen LogP contribution in [0.15, 0.2) is 76.9 Å². The van der Waals surface area contributed by atoms with Crippen LogP contribution in [0.1, 0.15) is 36.5 Å². The Morgan fingerprint density at radius 2 is 1.80 bits per heavy atom. The van der Waals surface area contributed by atoms with Crippen LogP contribution in [0.4, 0.5) is 0 Å². The topological polar surface area (TPSA) is 45.0 Å². The summed E-state index contributed by atoms with van der Waals surface area (Å²) < 4.78 is 0. The Bertz CT molecular complexity index is 1120. The first-order valence-corrected chi connectivity index (χ1v) is 11.2. The molecule has 1 aliphatic rings. The first kappa shape index (κ1) is 20.4. The van der Waals surface area contributed by atoms with Crippen LogP contribution >= 0.6 is 11.8 Å². The molecule has 1 atom stereocenters. The molecule has 0 radical (unpaired) electrons. The number of carbonyl (C=O) groups is 1. The Balaban J connectivity index is 1.62. The highest BCUT2D eigenvalue weighted by Crippen LogP contribution is 2.32. The van der Waals surface area contributed by atoms with E-state index < -0.39 is 0 Å². The van der Waals surface area contributed by atoms with Gasteiger partial charge in [0.15, 0.2) is 5.17 Å². The molecule has 1 heterocycles. The second-order valence-electron chi connectivity index (χ2n) is 7.44. The smallest absolute Gasteiger partial charge is 0.242 e. The van der Waals surface area contributed by atoms with E-state index in [1.54, 1.807) is 11.1 Å². The predicted octanol–water partition coefficient (Wildman–Crippen LogP) is 5.78. The minimum Gasteiger partial charge on any atom is -0.284 e. The molecule has 0 aromatic heterocycles. The number of carbonyl (C=O) groups excluding carboxylic acids is 1. The molecule has 0 bridgehead atoms. The van der Waals surface area contributed by atoms with Gasteiger partial charge in [0.1, 0.15) is 0 Å². The maximum atomic E-state index is 13.0. The van der Waals surface area contributed by atoms with Crippen LogP contribution in [0.2, 0.25) is 0 Å². The van der Waals surface area contributed by atoms with Gasteiger partial charge in [0.05, 0.1) is 18.0 Å². The fraction of sp³-hybridized carbons (Fsp3) is 0.240. The minimum absolute atomic E-state index is 0.0782. The lowest BCUT2D eigenvalue weighted by Crippen LogP contribution is -2.31. The molecule has 1 aliphatic heterocycles. The van der Waals surface area contributed by atoms with Gasteiger partial charge in [0.2, 0.25) is 5.91 Å². The Morgan fingerprint density at radius 1 is 1.03 bits per heavy atom. The van der Waals surface area contributed by atoms with E-state index in [1.165, 1.54) is 22.7 Å². The van der Waals surface area contributed by atoms with Crippen LogP contribution < -0.4 is 0 Å². The first-order valence-electron chi connectivity index (χ1n) is 10.3. The van der Waals surface area contributed by atoms with Gasteiger partial charge >= 0.3 is 0 Å². The molecule has 0 spiro atoms. The monoisotopic (exact) mass is 415 g/mol. The highest BCUT2D eigenvalue weighted by Gasteiger charge is 2.37. The van der Waals surface area contributed by atoms with Crippen molar-refractivity contribution in [1.82, 2.24) is 4.90 Å². The lowest BCUT2D eigenvalue weighted by molar-refractivity contribution is -0.126. The third-order valence-electron chi connectivity index (χ3n) is 5.32. The molecule has 3 aromatic carbocycles. The molecule has 1 fully saturated rings. The Kier molecular flexibility index (Phi) is 6.29. The number of aryl methyl sites for hydroxylation is 1. The summed E-state index contributed by atoms with van der Waals surface area (Å²) in [6.45, 7) is 4.71. The van der Waals surface area contributed by atoms with E-state index in [1.807, 2.05) is 36.4 Å². The standard InChI is InChI=1S/C25H25N3OS/c1-3-9-23-24(29)28(17-21-12-5-4-10-18(21)2)25(30-23)27-26-16-20-14-8-13-19-11-6-7-15-22(19)20/h4-8,10-16,23H,3,9,17H2,1-2H3/b26-16+,27-25+. The van der Waals surface area contributed by atoms with E-state index >= 15 is 0 Å². The molecule has 152 valence electrons. The molecule has 0 N–H and O–H groups in total. The second-order valence-corrected chi connectivity index (χ2v) is 8.61. The molecule has 0 aliphatic carbocycles. The molecular formula is C25H25N3OS. The molecule has 30 heavy (non-hydrogen) atoms. The summed E-state index contributed by atoms with van der Waals surface area (Å²) in [6.07, 6.45) is 3.59. The molecule has 1 saturated heterocycles. The summed E-state index contributed by atoms with van der Waals surface area (Å²) in [4.78, 5) is 14.8. The van der Waals surface area contributed by atoms with Gasteiger partial charge in [-0.2, -0.15) is 5.10 Å². The van der Waals surface area contributed by atoms with Gasteiger partial charge in [-0.1, -0.05) is 91.8 Å². The summed E-state index contributed by atoms with van der Waals surface area (Å²) in [5, 5.41) is 11.7. The number of amides is 1. The number of thioether (sulfide) groups is 1. The molecule has 0 saturated carbocycles. The summed E-state index contributed by atoms with van der Waals surface area (Å²) in [7, 11) is 0. The van der Waals surface area contributed by atoms with E-state index in [0.29, 0.717) is 11.7 Å². The van der Waals surface area contributed by atoms with E-state index in [2.05, 4.69) is 54.4 Å². The highest BCUT2D eigenvalue weighted by molar-refractivity contribution is 8.15. The zero-order valence-electron chi connectivity index (χ0n) is 17.3. The molecule has 4 nitrogen and oxygen atoms in total. The van der Waals surface area contributed by atoms with Crippen molar-refractivity contribution in [3.05, 3.63) is 83.4 Å². The second kappa shape index (κ2) is 9.26. The summed E-state index contributed by atoms with van der Waals surface area (Å²) in [6, 6.07) is 22.5. The molecule has 3 aromatic rings. The molecular weight excluding hydrogens is 390 g/mol. The van der Waals surface area contributed by atoms with E-state index in [4.69, 9.17) is 0 Å². The van der Waals surface area contributed by atoms with Crippen molar-refractivity contribution < 1.29 is 4.79 Å². The Morgan fingerprint density at radius 3 is 2.63 bits per heavy atom. The summed E-state index contributed by atoms with van der Waals surface area (Å²) >= 11 is 1.53. The van der Waals surface area contributed by atoms with Gasteiger partial charge in [0.25, 0.3) is 0 Å². The van der Waals surface area contributed by atoms with E-state index in [-0.39, 0.29) is 11.2 Å². The maximum Gasteiger partial charge on any atom is 0.242 e. The molecule has 1 amide bonds. The van der Waals surface area contributed by atoms with Crippen LogP contribution in [0.5, 0.6) is 0 Å². The van der Waals surface area contributed by atoms with Crippen LogP contribution in [-0.4, -0.2) is 27.4 Å². The van der Waals surface area contributed by atoms with E-state index in [0.717, 1.165) is 29.4 Å². The van der Waals surface area contributed by atoms with Crippen molar-refractivity contribution in [2.24, 2.45) is 10.2 Å². The highest BCUT2D eigenvalue weighted by atomic mass is 32.2. The molecule has 5 heteroatoms. The lowest BCUT2D eigenvalue weighted by atomic mass is 10.1. The van der Waals surface area contributed by atoms with Crippen molar-refractivity contribution in [2.75, 3.05) is 0 Å². The van der Waals surface area contributed by atoms with Gasteiger partial charge in [-0.25, -0.2) is 0 Å².